The van der Waals surface area contributed by atoms with Gasteiger partial charge in [0.05, 0.1) is 5.02 Å². The molecule has 0 fully saturated rings. The van der Waals surface area contributed by atoms with E-state index in [2.05, 4.69) is 10.3 Å². The van der Waals surface area contributed by atoms with E-state index in [9.17, 15) is 22.4 Å². The maximum Gasteiger partial charge on any atom is 0.433 e. The minimum Gasteiger partial charge on any atom is -0.326 e. The summed E-state index contributed by atoms with van der Waals surface area (Å²) in [6, 6.07) is 7.53. The quantitative estimate of drug-likeness (QED) is 0.415. The highest BCUT2D eigenvalue weighted by Gasteiger charge is 2.32. The number of carbonyl (C=O) groups excluding carboxylic acids is 1. The van der Waals surface area contributed by atoms with Gasteiger partial charge in [0, 0.05) is 34.3 Å². The van der Waals surface area contributed by atoms with Crippen LogP contribution < -0.4 is 11.1 Å². The highest BCUT2D eigenvalue weighted by molar-refractivity contribution is 7.10. The second-order valence-electron chi connectivity index (χ2n) is 7.03. The summed E-state index contributed by atoms with van der Waals surface area (Å²) in [6.07, 6.45) is -2.98. The minimum atomic E-state index is -4.49. The van der Waals surface area contributed by atoms with Gasteiger partial charge in [0.15, 0.2) is 0 Å². The molecule has 164 valence electrons. The van der Waals surface area contributed by atoms with Gasteiger partial charge in [-0.25, -0.2) is 4.39 Å². The van der Waals surface area contributed by atoms with Crippen LogP contribution in [-0.4, -0.2) is 10.9 Å². The Morgan fingerprint density at radius 2 is 1.97 bits per heavy atom. The van der Waals surface area contributed by atoms with E-state index in [0.717, 1.165) is 17.0 Å². The van der Waals surface area contributed by atoms with Crippen LogP contribution >= 0.6 is 22.9 Å². The molecule has 3 rings (SSSR count). The number of halogens is 5. The average Bonchev–Trinajstić information content (AvgIpc) is 3.20. The zero-order chi connectivity index (χ0) is 22.8. The summed E-state index contributed by atoms with van der Waals surface area (Å²) < 4.78 is 51.2. The van der Waals surface area contributed by atoms with Crippen molar-refractivity contribution < 1.29 is 22.4 Å². The van der Waals surface area contributed by atoms with Crippen LogP contribution in [0.3, 0.4) is 0 Å². The fraction of sp³-hybridized carbons (Fsp3) is 0.238. The number of nitrogens with zero attached hydrogens (tertiary/aromatic N) is 1. The monoisotopic (exact) mass is 471 g/mol. The SMILES string of the molecule is C[C@@H](C[C@@H](N)c1cc(-c2ccc(C(F)(F)F)nc2)cs1)C(=O)Nc1ccc(F)c(Cl)c1. The van der Waals surface area contributed by atoms with E-state index in [1.165, 1.54) is 35.7 Å². The van der Waals surface area contributed by atoms with Gasteiger partial charge in [-0.3, -0.25) is 9.78 Å². The van der Waals surface area contributed by atoms with E-state index in [4.69, 9.17) is 17.3 Å². The number of alkyl halides is 3. The van der Waals surface area contributed by atoms with Gasteiger partial charge in [-0.1, -0.05) is 24.6 Å². The Kier molecular flexibility index (Phi) is 6.98. The molecule has 31 heavy (non-hydrogen) atoms. The number of nitrogens with one attached hydrogen (secondary N) is 1. The van der Waals surface area contributed by atoms with Crippen molar-refractivity contribution in [3.8, 4) is 11.1 Å². The lowest BCUT2D eigenvalue weighted by atomic mass is 9.99. The predicted octanol–water partition coefficient (Wildman–Crippen LogP) is 6.29. The Morgan fingerprint density at radius 3 is 2.58 bits per heavy atom. The van der Waals surface area contributed by atoms with E-state index >= 15 is 0 Å². The number of anilines is 1. The molecule has 4 nitrogen and oxygen atoms in total. The normalized spacial score (nSPS) is 13.6. The summed E-state index contributed by atoms with van der Waals surface area (Å²) in [5.41, 5.74) is 6.91. The molecular formula is C21H18ClF4N3OS. The van der Waals surface area contributed by atoms with Crippen molar-refractivity contribution in [1.29, 1.82) is 0 Å². The van der Waals surface area contributed by atoms with E-state index in [0.29, 0.717) is 23.2 Å². The van der Waals surface area contributed by atoms with Crippen LogP contribution in [-0.2, 0) is 11.0 Å². The minimum absolute atomic E-state index is 0.0916. The van der Waals surface area contributed by atoms with Crippen molar-refractivity contribution in [2.24, 2.45) is 11.7 Å². The fourth-order valence-corrected chi connectivity index (χ4v) is 3.99. The highest BCUT2D eigenvalue weighted by atomic mass is 35.5. The van der Waals surface area contributed by atoms with Crippen molar-refractivity contribution in [2.75, 3.05) is 5.32 Å². The van der Waals surface area contributed by atoms with Crippen LogP contribution in [0.2, 0.25) is 5.02 Å². The number of carbonyl (C=O) groups is 1. The Hall–Kier alpha value is -2.49. The molecule has 0 saturated heterocycles. The largest absolute Gasteiger partial charge is 0.433 e. The first-order valence-corrected chi connectivity index (χ1v) is 10.4. The number of pyridine rings is 1. The van der Waals surface area contributed by atoms with E-state index in [-0.39, 0.29) is 10.9 Å². The lowest BCUT2D eigenvalue weighted by molar-refractivity contribution is -0.141. The molecule has 0 aliphatic carbocycles. The van der Waals surface area contributed by atoms with Gasteiger partial charge in [0.25, 0.3) is 0 Å². The van der Waals surface area contributed by atoms with Gasteiger partial charge in [0.2, 0.25) is 5.91 Å². The Balaban J connectivity index is 1.62. The van der Waals surface area contributed by atoms with Gasteiger partial charge in [-0.15, -0.1) is 11.3 Å². The smallest absolute Gasteiger partial charge is 0.326 e. The predicted molar refractivity (Wildman–Crippen MR) is 113 cm³/mol. The Morgan fingerprint density at radius 1 is 1.23 bits per heavy atom. The van der Waals surface area contributed by atoms with Crippen LogP contribution in [0.25, 0.3) is 11.1 Å². The van der Waals surface area contributed by atoms with Crippen molar-refractivity contribution in [1.82, 2.24) is 4.98 Å². The van der Waals surface area contributed by atoms with E-state index < -0.39 is 29.6 Å². The maximum absolute atomic E-state index is 13.2. The third kappa shape index (κ3) is 5.81. The van der Waals surface area contributed by atoms with Crippen LogP contribution in [0.4, 0.5) is 23.2 Å². The first-order valence-electron chi connectivity index (χ1n) is 9.18. The molecule has 2 heterocycles. The molecule has 2 aromatic heterocycles. The zero-order valence-corrected chi connectivity index (χ0v) is 17.8. The first kappa shape index (κ1) is 23.2. The molecule has 1 aromatic carbocycles. The molecule has 1 amide bonds. The van der Waals surface area contributed by atoms with Crippen molar-refractivity contribution >= 4 is 34.5 Å². The molecule has 0 bridgehead atoms. The first-order chi connectivity index (χ1) is 14.5. The molecule has 3 aromatic rings. The molecule has 2 atom stereocenters. The Labute approximate surface area is 185 Å². The summed E-state index contributed by atoms with van der Waals surface area (Å²) in [6.45, 7) is 1.72. The fourth-order valence-electron chi connectivity index (χ4n) is 2.87. The molecule has 0 unspecified atom stereocenters. The number of thiophene rings is 1. The molecule has 3 N–H and O–H groups in total. The lowest BCUT2D eigenvalue weighted by Gasteiger charge is -2.16. The summed E-state index contributed by atoms with van der Waals surface area (Å²) in [4.78, 5) is 16.7. The zero-order valence-electron chi connectivity index (χ0n) is 16.2. The molecule has 0 aliphatic rings. The Bertz CT molecular complexity index is 1070. The number of amides is 1. The molecule has 0 spiro atoms. The van der Waals surface area contributed by atoms with Crippen LogP contribution in [0.15, 0.2) is 48.0 Å². The second kappa shape index (κ2) is 9.33. The number of nitrogens with two attached hydrogens (primary N) is 1. The van der Waals surface area contributed by atoms with Gasteiger partial charge < -0.3 is 11.1 Å². The highest BCUT2D eigenvalue weighted by Crippen LogP contribution is 2.33. The van der Waals surface area contributed by atoms with Crippen LogP contribution in [0, 0.1) is 11.7 Å². The summed E-state index contributed by atoms with van der Waals surface area (Å²) in [7, 11) is 0. The van der Waals surface area contributed by atoms with E-state index in [1.807, 2.05) is 0 Å². The van der Waals surface area contributed by atoms with Crippen molar-refractivity contribution in [3.05, 3.63) is 69.4 Å². The second-order valence-corrected chi connectivity index (χ2v) is 8.38. The number of benzene rings is 1. The van der Waals surface area contributed by atoms with Gasteiger partial charge in [-0.2, -0.15) is 13.2 Å². The van der Waals surface area contributed by atoms with Crippen LogP contribution in [0.1, 0.15) is 30.0 Å². The lowest BCUT2D eigenvalue weighted by Crippen LogP contribution is -2.24. The average molecular weight is 472 g/mol. The summed E-state index contributed by atoms with van der Waals surface area (Å²) >= 11 is 7.08. The standard InChI is InChI=1S/C21H18ClF4N3OS/c1-11(20(30)29-14-3-4-16(23)15(22)8-14)6-17(27)18-7-13(10-31-18)12-2-5-19(28-9-12)21(24,25)26/h2-5,7-11,17H,6,27H2,1H3,(H,29,30)/t11-,17+/m0/s1. The van der Waals surface area contributed by atoms with Crippen LogP contribution in [0.5, 0.6) is 0 Å². The third-order valence-corrected chi connectivity index (χ3v) is 5.97. The molecule has 0 radical (unpaired) electrons. The molecule has 0 saturated carbocycles. The number of hydrogen-bond acceptors (Lipinski definition) is 4. The summed E-state index contributed by atoms with van der Waals surface area (Å²) in [5, 5.41) is 4.36. The number of rotatable bonds is 6. The van der Waals surface area contributed by atoms with Crippen molar-refractivity contribution in [3.63, 3.8) is 0 Å². The van der Waals surface area contributed by atoms with Crippen molar-refractivity contribution in [2.45, 2.75) is 25.6 Å². The molecular weight excluding hydrogens is 454 g/mol. The van der Waals surface area contributed by atoms with Gasteiger partial charge >= 0.3 is 6.18 Å². The topological polar surface area (TPSA) is 68.0 Å². The van der Waals surface area contributed by atoms with Gasteiger partial charge in [0.1, 0.15) is 11.5 Å². The number of aromatic nitrogens is 1. The maximum atomic E-state index is 13.2. The molecule has 0 aliphatic heterocycles. The molecule has 10 heteroatoms. The summed E-state index contributed by atoms with van der Waals surface area (Å²) in [5.74, 6) is -1.31. The van der Waals surface area contributed by atoms with E-state index in [1.54, 1.807) is 18.4 Å². The van der Waals surface area contributed by atoms with Gasteiger partial charge in [-0.05, 0) is 47.7 Å². The number of hydrogen-bond donors (Lipinski definition) is 2. The third-order valence-electron chi connectivity index (χ3n) is 4.61.